The second-order valence-electron chi connectivity index (χ2n) is 9.40. The highest BCUT2D eigenvalue weighted by Crippen LogP contribution is 2.32. The van der Waals surface area contributed by atoms with E-state index in [9.17, 15) is 9.59 Å². The van der Waals surface area contributed by atoms with Crippen molar-refractivity contribution < 1.29 is 19.1 Å². The molecule has 0 amide bonds. The lowest BCUT2D eigenvalue weighted by molar-refractivity contribution is -0.188. The number of ether oxygens (including phenoxy) is 2. The van der Waals surface area contributed by atoms with Gasteiger partial charge in [0.25, 0.3) is 0 Å². The van der Waals surface area contributed by atoms with Gasteiger partial charge in [-0.25, -0.2) is 9.78 Å². The van der Waals surface area contributed by atoms with E-state index in [1.54, 1.807) is 0 Å². The molecule has 0 saturated carbocycles. The molecule has 0 radical (unpaired) electrons. The zero-order chi connectivity index (χ0) is 23.7. The number of rotatable bonds is 19. The van der Waals surface area contributed by atoms with Crippen LogP contribution in [0, 0.1) is 5.92 Å². The van der Waals surface area contributed by atoms with Crippen LogP contribution in [0.1, 0.15) is 127 Å². The minimum Gasteiger partial charge on any atom is -0.461 e. The summed E-state index contributed by atoms with van der Waals surface area (Å²) in [6.07, 6.45) is 22.1. The zero-order valence-electron chi connectivity index (χ0n) is 20.8. The van der Waals surface area contributed by atoms with Gasteiger partial charge in [-0.2, -0.15) is 0 Å². The SMILES string of the molecule is CCCCCCCCCCC[C@@H](C[C@@H]1OC(=O)[C@H]1CCCCCC)OC(=O)c1cnccn1. The first-order valence-corrected chi connectivity index (χ1v) is 13.3. The van der Waals surface area contributed by atoms with E-state index in [0.29, 0.717) is 6.42 Å². The summed E-state index contributed by atoms with van der Waals surface area (Å²) in [7, 11) is 0. The van der Waals surface area contributed by atoms with Crippen molar-refractivity contribution in [1.82, 2.24) is 9.97 Å². The molecular formula is C27H44N2O4. The molecule has 0 N–H and O–H groups in total. The molecule has 0 spiro atoms. The molecule has 2 heterocycles. The molecule has 6 heteroatoms. The maximum atomic E-state index is 12.6. The summed E-state index contributed by atoms with van der Waals surface area (Å²) in [5.41, 5.74) is 0.219. The van der Waals surface area contributed by atoms with Crippen LogP contribution in [0.4, 0.5) is 0 Å². The lowest BCUT2D eigenvalue weighted by Crippen LogP contribution is -2.47. The van der Waals surface area contributed by atoms with Gasteiger partial charge in [-0.3, -0.25) is 9.78 Å². The van der Waals surface area contributed by atoms with Crippen molar-refractivity contribution in [3.63, 3.8) is 0 Å². The Morgan fingerprint density at radius 2 is 1.58 bits per heavy atom. The van der Waals surface area contributed by atoms with Gasteiger partial charge in [0, 0.05) is 18.8 Å². The number of esters is 2. The molecule has 0 bridgehead atoms. The van der Waals surface area contributed by atoms with Crippen molar-refractivity contribution >= 4 is 11.9 Å². The average Bonchev–Trinajstić information content (AvgIpc) is 2.82. The second kappa shape index (κ2) is 16.6. The summed E-state index contributed by atoms with van der Waals surface area (Å²) in [6.45, 7) is 4.43. The fourth-order valence-corrected chi connectivity index (χ4v) is 4.49. The van der Waals surface area contributed by atoms with Gasteiger partial charge in [0.2, 0.25) is 0 Å². The summed E-state index contributed by atoms with van der Waals surface area (Å²) in [5, 5.41) is 0. The standard InChI is InChI=1S/C27H44N2O4/c1-3-5-7-9-10-11-12-13-14-16-22(32-27(31)24-21-28-18-19-29-24)20-25-23(26(30)33-25)17-15-8-6-4-2/h18-19,21-23,25H,3-17,20H2,1-2H3/t22-,23-,25-/m0/s1. The van der Waals surface area contributed by atoms with E-state index in [2.05, 4.69) is 23.8 Å². The third-order valence-electron chi connectivity index (χ3n) is 6.56. The van der Waals surface area contributed by atoms with E-state index >= 15 is 0 Å². The number of aromatic nitrogens is 2. The van der Waals surface area contributed by atoms with Crippen molar-refractivity contribution in [3.8, 4) is 0 Å². The van der Waals surface area contributed by atoms with Gasteiger partial charge in [0.05, 0.1) is 12.1 Å². The summed E-state index contributed by atoms with van der Waals surface area (Å²) in [4.78, 5) is 32.6. The Bertz CT molecular complexity index is 667. The predicted octanol–water partition coefficient (Wildman–Crippen LogP) is 6.83. The smallest absolute Gasteiger partial charge is 0.358 e. The van der Waals surface area contributed by atoms with Gasteiger partial charge in [0.1, 0.15) is 12.2 Å². The highest BCUT2D eigenvalue weighted by Gasteiger charge is 2.43. The third kappa shape index (κ3) is 10.7. The van der Waals surface area contributed by atoms with Crippen molar-refractivity contribution in [3.05, 3.63) is 24.3 Å². The van der Waals surface area contributed by atoms with Crippen LogP contribution in [-0.4, -0.2) is 34.1 Å². The minimum absolute atomic E-state index is 0.0531. The maximum Gasteiger partial charge on any atom is 0.358 e. The summed E-state index contributed by atoms with van der Waals surface area (Å²) in [5.74, 6) is -0.601. The molecule has 33 heavy (non-hydrogen) atoms. The highest BCUT2D eigenvalue weighted by molar-refractivity contribution is 5.86. The molecule has 0 aromatic carbocycles. The van der Waals surface area contributed by atoms with Crippen LogP contribution in [-0.2, 0) is 14.3 Å². The molecule has 1 aromatic rings. The van der Waals surface area contributed by atoms with Gasteiger partial charge in [0.15, 0.2) is 5.69 Å². The number of nitrogens with zero attached hydrogens (tertiary/aromatic N) is 2. The fourth-order valence-electron chi connectivity index (χ4n) is 4.49. The molecule has 1 aliphatic rings. The first kappa shape index (κ1) is 27.3. The number of carbonyl (C=O) groups excluding carboxylic acids is 2. The van der Waals surface area contributed by atoms with E-state index in [-0.39, 0.29) is 29.8 Å². The number of hydrogen-bond acceptors (Lipinski definition) is 6. The normalized spacial score (nSPS) is 18.4. The molecule has 0 unspecified atom stereocenters. The zero-order valence-corrected chi connectivity index (χ0v) is 20.8. The van der Waals surface area contributed by atoms with Gasteiger partial charge in [-0.15, -0.1) is 0 Å². The minimum atomic E-state index is -0.450. The lowest BCUT2D eigenvalue weighted by atomic mass is 9.86. The monoisotopic (exact) mass is 460 g/mol. The topological polar surface area (TPSA) is 78.4 Å². The molecular weight excluding hydrogens is 416 g/mol. The molecule has 0 aliphatic carbocycles. The molecule has 1 aromatic heterocycles. The third-order valence-corrected chi connectivity index (χ3v) is 6.56. The van der Waals surface area contributed by atoms with E-state index in [1.165, 1.54) is 76.4 Å². The van der Waals surface area contributed by atoms with Crippen LogP contribution in [0.15, 0.2) is 18.6 Å². The summed E-state index contributed by atoms with van der Waals surface area (Å²) in [6, 6.07) is 0. The molecule has 1 aliphatic heterocycles. The molecule has 2 rings (SSSR count). The Morgan fingerprint density at radius 1 is 0.939 bits per heavy atom. The fraction of sp³-hybridized carbons (Fsp3) is 0.778. The molecule has 3 atom stereocenters. The Kier molecular flexibility index (Phi) is 13.7. The Hall–Kier alpha value is -1.98. The molecule has 6 nitrogen and oxygen atoms in total. The first-order chi connectivity index (χ1) is 16.2. The van der Waals surface area contributed by atoms with E-state index < -0.39 is 5.97 Å². The number of unbranched alkanes of at least 4 members (excludes halogenated alkanes) is 11. The van der Waals surface area contributed by atoms with Crippen molar-refractivity contribution in [2.24, 2.45) is 5.92 Å². The van der Waals surface area contributed by atoms with Crippen LogP contribution in [0.2, 0.25) is 0 Å². The van der Waals surface area contributed by atoms with Gasteiger partial charge >= 0.3 is 11.9 Å². The molecule has 1 saturated heterocycles. The second-order valence-corrected chi connectivity index (χ2v) is 9.40. The van der Waals surface area contributed by atoms with Gasteiger partial charge < -0.3 is 9.47 Å². The predicted molar refractivity (Wildman–Crippen MR) is 130 cm³/mol. The van der Waals surface area contributed by atoms with Gasteiger partial charge in [-0.05, 0) is 19.3 Å². The number of hydrogen-bond donors (Lipinski definition) is 0. The molecule has 1 fully saturated rings. The Labute approximate surface area is 200 Å². The van der Waals surface area contributed by atoms with Crippen LogP contribution in [0.25, 0.3) is 0 Å². The Balaban J connectivity index is 1.79. The largest absolute Gasteiger partial charge is 0.461 e. The van der Waals surface area contributed by atoms with E-state index in [1.807, 2.05) is 0 Å². The van der Waals surface area contributed by atoms with Crippen LogP contribution in [0.5, 0.6) is 0 Å². The summed E-state index contributed by atoms with van der Waals surface area (Å²) >= 11 is 0. The highest BCUT2D eigenvalue weighted by atomic mass is 16.6. The lowest BCUT2D eigenvalue weighted by Gasteiger charge is -2.37. The molecule has 186 valence electrons. The number of cyclic esters (lactones) is 1. The van der Waals surface area contributed by atoms with Crippen molar-refractivity contribution in [2.45, 2.75) is 129 Å². The van der Waals surface area contributed by atoms with Crippen molar-refractivity contribution in [2.75, 3.05) is 0 Å². The Morgan fingerprint density at radius 3 is 2.18 bits per heavy atom. The van der Waals surface area contributed by atoms with Crippen molar-refractivity contribution in [1.29, 1.82) is 0 Å². The van der Waals surface area contributed by atoms with Gasteiger partial charge in [-0.1, -0.05) is 90.9 Å². The summed E-state index contributed by atoms with van der Waals surface area (Å²) < 4.78 is 11.3. The maximum absolute atomic E-state index is 12.6. The van der Waals surface area contributed by atoms with E-state index in [0.717, 1.165) is 38.5 Å². The van der Waals surface area contributed by atoms with Crippen LogP contribution >= 0.6 is 0 Å². The first-order valence-electron chi connectivity index (χ1n) is 13.3. The van der Waals surface area contributed by atoms with Crippen LogP contribution in [0.3, 0.4) is 0 Å². The average molecular weight is 461 g/mol. The quantitative estimate of drug-likeness (QED) is 0.166. The number of carbonyl (C=O) groups is 2. The van der Waals surface area contributed by atoms with E-state index in [4.69, 9.17) is 9.47 Å². The van der Waals surface area contributed by atoms with Crippen LogP contribution < -0.4 is 0 Å².